The molecule has 2 aromatic heterocycles. The topological polar surface area (TPSA) is 76.5 Å². The quantitative estimate of drug-likeness (QED) is 0.495. The van der Waals surface area contributed by atoms with Gasteiger partial charge >= 0.3 is 5.97 Å². The second-order valence-corrected chi connectivity index (χ2v) is 8.49. The number of carboxylic acid groups (broad SMARTS) is 1. The lowest BCUT2D eigenvalue weighted by Crippen LogP contribution is -2.29. The number of para-hydroxylation sites is 1. The van der Waals surface area contributed by atoms with Crippen LogP contribution in [0.25, 0.3) is 10.9 Å². The third-order valence-corrected chi connectivity index (χ3v) is 6.42. The van der Waals surface area contributed by atoms with Crippen molar-refractivity contribution < 1.29 is 19.4 Å². The summed E-state index contributed by atoms with van der Waals surface area (Å²) < 4.78 is 13.3. The number of hydrogen-bond donors (Lipinski definition) is 2. The molecular weight excluding hydrogens is 392 g/mol. The molecule has 0 saturated carbocycles. The summed E-state index contributed by atoms with van der Waals surface area (Å²) in [6, 6.07) is 17.8. The number of nitrogens with zero attached hydrogens (tertiary/aromatic N) is 1. The van der Waals surface area contributed by atoms with E-state index >= 15 is 0 Å². The van der Waals surface area contributed by atoms with Crippen molar-refractivity contribution in [3.8, 4) is 11.5 Å². The van der Waals surface area contributed by atoms with Crippen molar-refractivity contribution in [2.75, 3.05) is 6.79 Å². The highest BCUT2D eigenvalue weighted by atomic mass is 16.7. The van der Waals surface area contributed by atoms with E-state index in [0.717, 1.165) is 50.6 Å². The van der Waals surface area contributed by atoms with Crippen molar-refractivity contribution in [2.45, 2.75) is 31.7 Å². The van der Waals surface area contributed by atoms with E-state index in [1.54, 1.807) is 0 Å². The van der Waals surface area contributed by atoms with Gasteiger partial charge in [-0.25, -0.2) is 0 Å². The summed E-state index contributed by atoms with van der Waals surface area (Å²) >= 11 is 0. The molecule has 0 aliphatic carbocycles. The van der Waals surface area contributed by atoms with Crippen LogP contribution < -0.4 is 9.47 Å². The van der Waals surface area contributed by atoms with Gasteiger partial charge in [0.1, 0.15) is 5.92 Å². The van der Waals surface area contributed by atoms with Gasteiger partial charge in [0.25, 0.3) is 0 Å². The molecule has 156 valence electrons. The lowest BCUT2D eigenvalue weighted by molar-refractivity contribution is -0.137. The summed E-state index contributed by atoms with van der Waals surface area (Å²) in [5.41, 5.74) is 5.63. The predicted octanol–water partition coefficient (Wildman–Crippen LogP) is 4.99. The van der Waals surface area contributed by atoms with Crippen LogP contribution >= 0.6 is 0 Å². The van der Waals surface area contributed by atoms with Crippen LogP contribution in [0, 0.1) is 0 Å². The maximum absolute atomic E-state index is 12.5. The van der Waals surface area contributed by atoms with Gasteiger partial charge in [-0.3, -0.25) is 4.79 Å². The number of carboxylic acids is 1. The minimum Gasteiger partial charge on any atom is -0.480 e. The van der Waals surface area contributed by atoms with Crippen LogP contribution in [0.3, 0.4) is 0 Å². The van der Waals surface area contributed by atoms with Crippen molar-refractivity contribution in [1.82, 2.24) is 9.55 Å². The molecule has 2 aliphatic rings. The van der Waals surface area contributed by atoms with Gasteiger partial charge in [0, 0.05) is 33.5 Å². The van der Waals surface area contributed by atoms with Crippen LogP contribution in [-0.4, -0.2) is 27.4 Å². The summed E-state index contributed by atoms with van der Waals surface area (Å²) in [5, 5.41) is 11.2. The number of aliphatic carboxylic acids is 1. The first kappa shape index (κ1) is 18.1. The Morgan fingerprint density at radius 1 is 1.10 bits per heavy atom. The molecule has 2 aliphatic heterocycles. The maximum Gasteiger partial charge on any atom is 0.317 e. The number of benzene rings is 2. The minimum absolute atomic E-state index is 0.185. The molecule has 2 atom stereocenters. The largest absolute Gasteiger partial charge is 0.480 e. The molecule has 4 heterocycles. The lowest BCUT2D eigenvalue weighted by Gasteiger charge is -2.33. The van der Waals surface area contributed by atoms with Crippen molar-refractivity contribution in [3.05, 3.63) is 82.8 Å². The van der Waals surface area contributed by atoms with Gasteiger partial charge in [-0.05, 0) is 41.8 Å². The van der Waals surface area contributed by atoms with Gasteiger partial charge in [0.15, 0.2) is 11.5 Å². The van der Waals surface area contributed by atoms with Crippen molar-refractivity contribution >= 4 is 16.9 Å². The van der Waals surface area contributed by atoms with Crippen LogP contribution in [0.15, 0.2) is 54.6 Å². The van der Waals surface area contributed by atoms with E-state index in [4.69, 9.17) is 9.47 Å². The lowest BCUT2D eigenvalue weighted by atomic mass is 9.85. The van der Waals surface area contributed by atoms with Crippen LogP contribution in [0.1, 0.15) is 59.9 Å². The average molecular weight is 414 g/mol. The zero-order chi connectivity index (χ0) is 21.3. The van der Waals surface area contributed by atoms with Crippen LogP contribution in [0.5, 0.6) is 11.5 Å². The summed E-state index contributed by atoms with van der Waals surface area (Å²) in [4.78, 5) is 16.1. The number of nitrogens with one attached hydrogen (secondary N) is 1. The number of ether oxygens (including phenoxy) is 2. The fourth-order valence-corrected chi connectivity index (χ4v) is 5.12. The molecule has 2 unspecified atom stereocenters. The number of aromatic nitrogens is 2. The van der Waals surface area contributed by atoms with Crippen LogP contribution in [-0.2, 0) is 4.79 Å². The first-order valence-corrected chi connectivity index (χ1v) is 10.5. The monoisotopic (exact) mass is 414 g/mol. The Morgan fingerprint density at radius 2 is 1.90 bits per heavy atom. The molecule has 4 aromatic rings. The number of hydrogen-bond acceptors (Lipinski definition) is 3. The Kier molecular flexibility index (Phi) is 3.75. The first-order valence-electron chi connectivity index (χ1n) is 10.5. The highest BCUT2D eigenvalue weighted by molar-refractivity contribution is 5.93. The number of fused-ring (bicyclic) bond motifs is 5. The summed E-state index contributed by atoms with van der Waals surface area (Å²) in [5.74, 6) is 0.117. The maximum atomic E-state index is 12.5. The molecule has 0 saturated heterocycles. The van der Waals surface area contributed by atoms with E-state index in [1.165, 1.54) is 0 Å². The van der Waals surface area contributed by atoms with Crippen molar-refractivity contribution in [3.63, 3.8) is 0 Å². The number of aromatic amines is 1. The second-order valence-electron chi connectivity index (χ2n) is 8.49. The molecule has 0 radical (unpaired) electrons. The average Bonchev–Trinajstić information content (AvgIpc) is 3.47. The number of carbonyl (C=O) groups is 1. The molecule has 6 heteroatoms. The Bertz CT molecular complexity index is 1350. The Balaban J connectivity index is 1.69. The molecule has 31 heavy (non-hydrogen) atoms. The van der Waals surface area contributed by atoms with Gasteiger partial charge in [0.05, 0.1) is 6.04 Å². The second kappa shape index (κ2) is 6.41. The molecule has 6 nitrogen and oxygen atoms in total. The van der Waals surface area contributed by atoms with Crippen molar-refractivity contribution in [2.24, 2.45) is 0 Å². The molecule has 2 aromatic carbocycles. The number of H-pyrrole nitrogens is 1. The minimum atomic E-state index is -0.843. The fourth-order valence-electron chi connectivity index (χ4n) is 5.12. The third kappa shape index (κ3) is 2.48. The van der Waals surface area contributed by atoms with E-state index in [9.17, 15) is 9.90 Å². The Labute approximate surface area is 179 Å². The highest BCUT2D eigenvalue weighted by Crippen LogP contribution is 2.48. The van der Waals surface area contributed by atoms with Crippen molar-refractivity contribution in [1.29, 1.82) is 0 Å². The van der Waals surface area contributed by atoms with E-state index < -0.39 is 11.9 Å². The Morgan fingerprint density at radius 3 is 2.71 bits per heavy atom. The highest BCUT2D eigenvalue weighted by Gasteiger charge is 2.41. The normalized spacial score (nSPS) is 18.9. The SMILES string of the molecule is CC(C)c1ccc2n1C(c1ccc3c(c1)OCO3)c1[nH]c3ccccc3c1C2C(=O)O. The van der Waals surface area contributed by atoms with Gasteiger partial charge in [-0.2, -0.15) is 0 Å². The van der Waals surface area contributed by atoms with Crippen LogP contribution in [0.4, 0.5) is 0 Å². The van der Waals surface area contributed by atoms with Gasteiger partial charge < -0.3 is 24.1 Å². The zero-order valence-electron chi connectivity index (χ0n) is 17.3. The van der Waals surface area contributed by atoms with E-state index in [2.05, 4.69) is 29.5 Å². The van der Waals surface area contributed by atoms with E-state index in [1.807, 2.05) is 48.5 Å². The number of rotatable bonds is 3. The van der Waals surface area contributed by atoms with Crippen LogP contribution in [0.2, 0.25) is 0 Å². The first-order chi connectivity index (χ1) is 15.0. The Hall–Kier alpha value is -3.67. The summed E-state index contributed by atoms with van der Waals surface area (Å²) in [6.45, 7) is 4.49. The molecule has 0 bridgehead atoms. The fraction of sp³-hybridized carbons (Fsp3) is 0.240. The molecule has 2 N–H and O–H groups in total. The summed E-state index contributed by atoms with van der Waals surface area (Å²) in [7, 11) is 0. The molecule has 0 fully saturated rings. The van der Waals surface area contributed by atoms with Gasteiger partial charge in [-0.15, -0.1) is 0 Å². The summed E-state index contributed by atoms with van der Waals surface area (Å²) in [6.07, 6.45) is 0. The van der Waals surface area contributed by atoms with E-state index in [-0.39, 0.29) is 18.8 Å². The van der Waals surface area contributed by atoms with Gasteiger partial charge in [-0.1, -0.05) is 38.1 Å². The molecule has 0 amide bonds. The molecule has 6 rings (SSSR count). The van der Waals surface area contributed by atoms with E-state index in [0.29, 0.717) is 0 Å². The molecular formula is C25H22N2O4. The standard InChI is InChI=1S/C25H22N2O4/c1-13(2)17-8-9-18-22(25(28)29)21-15-5-3-4-6-16(15)26-23(21)24(27(17)18)14-7-10-19-20(11-14)31-12-30-19/h3-11,13,22,24,26H,12H2,1-2H3,(H,28,29). The van der Waals surface area contributed by atoms with Gasteiger partial charge in [0.2, 0.25) is 6.79 Å². The smallest absolute Gasteiger partial charge is 0.317 e. The third-order valence-electron chi connectivity index (χ3n) is 6.42. The molecule has 0 spiro atoms. The zero-order valence-corrected chi connectivity index (χ0v) is 17.3. The predicted molar refractivity (Wildman–Crippen MR) is 116 cm³/mol.